The number of anilines is 2. The topological polar surface area (TPSA) is 178 Å². The predicted molar refractivity (Wildman–Crippen MR) is 151 cm³/mol. The van der Waals surface area contributed by atoms with Crippen molar-refractivity contribution in [3.63, 3.8) is 0 Å². The van der Waals surface area contributed by atoms with Crippen LogP contribution < -0.4 is 11.1 Å². The van der Waals surface area contributed by atoms with Crippen molar-refractivity contribution in [1.82, 2.24) is 19.5 Å². The molecule has 2 aromatic rings. The highest BCUT2D eigenvalue weighted by Gasteiger charge is 2.49. The van der Waals surface area contributed by atoms with Crippen LogP contribution in [0.25, 0.3) is 11.2 Å². The highest BCUT2D eigenvalue weighted by molar-refractivity contribution is 7.46. The van der Waals surface area contributed by atoms with E-state index in [1.165, 1.54) is 87.9 Å². The molecule has 3 rings (SSSR count). The first kappa shape index (κ1) is 32.6. The minimum atomic E-state index is -5.02. The van der Waals surface area contributed by atoms with E-state index in [1.807, 2.05) is 0 Å². The summed E-state index contributed by atoms with van der Waals surface area (Å²) in [7, 11) is -5.02. The van der Waals surface area contributed by atoms with Gasteiger partial charge in [0.25, 0.3) is 0 Å². The molecule has 4 atom stereocenters. The van der Waals surface area contributed by atoms with E-state index in [2.05, 4.69) is 31.7 Å². The molecule has 0 aromatic carbocycles. The van der Waals surface area contributed by atoms with Crippen LogP contribution in [0, 0.1) is 0 Å². The van der Waals surface area contributed by atoms with E-state index in [1.54, 1.807) is 0 Å². The molecule has 1 aliphatic rings. The summed E-state index contributed by atoms with van der Waals surface area (Å²) in [5.41, 5.74) is 6.48. The molecule has 14 heteroatoms. The van der Waals surface area contributed by atoms with E-state index >= 15 is 4.39 Å². The van der Waals surface area contributed by atoms with Crippen molar-refractivity contribution >= 4 is 30.8 Å². The number of nitrogens with one attached hydrogen (secondary N) is 1. The van der Waals surface area contributed by atoms with Crippen molar-refractivity contribution in [2.24, 2.45) is 0 Å². The lowest BCUT2D eigenvalue weighted by Gasteiger charge is -2.18. The Kier molecular flexibility index (Phi) is 13.5. The number of hydrogen-bond acceptors (Lipinski definition) is 9. The third-order valence-corrected chi connectivity index (χ3v) is 7.76. The molecule has 1 saturated heterocycles. The second kappa shape index (κ2) is 16.5. The molecule has 0 amide bonds. The van der Waals surface area contributed by atoms with Gasteiger partial charge in [-0.2, -0.15) is 9.97 Å². The number of hydrogen-bond donors (Lipinski definition) is 5. The fourth-order valence-corrected chi connectivity index (χ4v) is 5.64. The zero-order valence-corrected chi connectivity index (χ0v) is 24.4. The highest BCUT2D eigenvalue weighted by atomic mass is 31.2. The van der Waals surface area contributed by atoms with Crippen LogP contribution in [0.5, 0.6) is 0 Å². The largest absolute Gasteiger partial charge is 0.470 e. The fourth-order valence-electron chi connectivity index (χ4n) is 5.07. The van der Waals surface area contributed by atoms with Crippen LogP contribution in [-0.4, -0.2) is 65.9 Å². The van der Waals surface area contributed by atoms with Crippen LogP contribution in [0.2, 0.25) is 0 Å². The van der Waals surface area contributed by atoms with Crippen LogP contribution in [0.15, 0.2) is 6.33 Å². The van der Waals surface area contributed by atoms with Gasteiger partial charge in [0, 0.05) is 6.54 Å². The fraction of sp³-hybridized carbons (Fsp3) is 0.808. The molecule has 0 spiro atoms. The van der Waals surface area contributed by atoms with Crippen LogP contribution in [0.1, 0.15) is 103 Å². The molecular formula is C26H46FN6O6P. The van der Waals surface area contributed by atoms with Crippen molar-refractivity contribution in [3.8, 4) is 0 Å². The van der Waals surface area contributed by atoms with Gasteiger partial charge in [0.05, 0.1) is 12.9 Å². The van der Waals surface area contributed by atoms with E-state index in [0.717, 1.165) is 12.8 Å². The number of nitrogen functional groups attached to an aromatic ring is 1. The summed E-state index contributed by atoms with van der Waals surface area (Å²) in [5, 5.41) is 12.7. The molecule has 40 heavy (non-hydrogen) atoms. The zero-order valence-electron chi connectivity index (χ0n) is 23.5. The molecule has 2 aromatic heterocycles. The van der Waals surface area contributed by atoms with Crippen LogP contribution >= 0.6 is 7.82 Å². The molecule has 3 heterocycles. The average molecular weight is 589 g/mol. The Morgan fingerprint density at radius 1 is 1.02 bits per heavy atom. The Morgan fingerprint density at radius 2 is 1.60 bits per heavy atom. The molecule has 6 N–H and O–H groups in total. The number of aliphatic hydroxyl groups excluding tert-OH is 1. The number of rotatable bonds is 20. The number of phosphoric acid groups is 1. The number of imidazole rings is 1. The molecule has 0 saturated carbocycles. The number of nitrogens with two attached hydrogens (primary N) is 1. The summed E-state index contributed by atoms with van der Waals surface area (Å²) >= 11 is 0. The molecule has 0 radical (unpaired) electrons. The summed E-state index contributed by atoms with van der Waals surface area (Å²) in [6, 6.07) is 0. The summed E-state index contributed by atoms with van der Waals surface area (Å²) < 4.78 is 37.8. The lowest BCUT2D eigenvalue weighted by atomic mass is 10.0. The first-order chi connectivity index (χ1) is 19.2. The molecule has 12 nitrogen and oxygen atoms in total. The van der Waals surface area contributed by atoms with Crippen molar-refractivity contribution in [2.45, 2.75) is 121 Å². The van der Waals surface area contributed by atoms with Gasteiger partial charge >= 0.3 is 7.82 Å². The van der Waals surface area contributed by atoms with Gasteiger partial charge in [-0.15, -0.1) is 0 Å². The molecule has 1 fully saturated rings. The number of halogens is 1. The van der Waals surface area contributed by atoms with Crippen molar-refractivity contribution in [2.75, 3.05) is 24.2 Å². The summed E-state index contributed by atoms with van der Waals surface area (Å²) in [4.78, 5) is 31.1. The third-order valence-electron chi connectivity index (χ3n) is 7.24. The van der Waals surface area contributed by atoms with Crippen molar-refractivity contribution < 1.29 is 33.1 Å². The minimum absolute atomic E-state index is 0.0994. The minimum Gasteiger partial charge on any atom is -0.394 e. The molecule has 228 valence electrons. The molecule has 0 aliphatic carbocycles. The second-order valence-electron chi connectivity index (χ2n) is 10.5. The number of nitrogens with zero attached hydrogens (tertiary/aromatic N) is 4. The monoisotopic (exact) mass is 588 g/mol. The SMILES string of the molecule is CCCCCCCCCCCCCCCCNc1nc(N)c2ncn([C@@H]3O[C@H](CO)[C@@H](OP(=O)(O)O)[C@H]3F)c2n1. The van der Waals surface area contributed by atoms with E-state index < -0.39 is 39.0 Å². The quantitative estimate of drug-likeness (QED) is 0.104. The number of phosphoric ester groups is 1. The average Bonchev–Trinajstić information content (AvgIpc) is 3.46. The summed E-state index contributed by atoms with van der Waals surface area (Å²) in [6.45, 7) is 2.20. The Labute approximate surface area is 235 Å². The van der Waals surface area contributed by atoms with Crippen molar-refractivity contribution in [1.29, 1.82) is 0 Å². The number of fused-ring (bicyclic) bond motifs is 1. The number of aliphatic hydroxyl groups is 1. The lowest BCUT2D eigenvalue weighted by molar-refractivity contribution is -0.0454. The van der Waals surface area contributed by atoms with Gasteiger partial charge in [0.15, 0.2) is 23.9 Å². The normalized spacial score (nSPS) is 21.4. The van der Waals surface area contributed by atoms with Gasteiger partial charge in [0.2, 0.25) is 5.95 Å². The molecular weight excluding hydrogens is 542 g/mol. The van der Waals surface area contributed by atoms with Crippen LogP contribution in [0.4, 0.5) is 16.2 Å². The van der Waals surface area contributed by atoms with E-state index in [-0.39, 0.29) is 22.9 Å². The predicted octanol–water partition coefficient (Wildman–Crippen LogP) is 5.01. The van der Waals surface area contributed by atoms with Gasteiger partial charge in [-0.1, -0.05) is 90.4 Å². The molecule has 0 bridgehead atoms. The maximum absolute atomic E-state index is 15.2. The highest BCUT2D eigenvalue weighted by Crippen LogP contribution is 2.45. The molecule has 1 aliphatic heterocycles. The Hall–Kier alpha value is -1.89. The maximum atomic E-state index is 15.2. The van der Waals surface area contributed by atoms with E-state index in [4.69, 9.17) is 20.3 Å². The Morgan fingerprint density at radius 3 is 2.15 bits per heavy atom. The van der Waals surface area contributed by atoms with Gasteiger partial charge in [0.1, 0.15) is 17.7 Å². The molecule has 0 unspecified atom stereocenters. The number of alkyl halides is 1. The van der Waals surface area contributed by atoms with Crippen LogP contribution in [-0.2, 0) is 13.8 Å². The van der Waals surface area contributed by atoms with Gasteiger partial charge < -0.3 is 30.7 Å². The van der Waals surface area contributed by atoms with E-state index in [9.17, 15) is 9.67 Å². The standard InChI is InChI=1S/C26H46FN6O6P/c1-2-3-4-5-6-7-8-9-10-11-12-13-14-15-16-29-26-31-23(28)21-24(32-26)33(18-30-21)25-20(27)22(19(17-34)38-25)39-40(35,36)37/h18-20,22,25,34H,2-17H2,1H3,(H2,35,36,37)(H3,28,29,31,32)/t19-,20-,22-,25-/m1/s1. The lowest BCUT2D eigenvalue weighted by Crippen LogP contribution is -2.33. The van der Waals surface area contributed by atoms with Crippen molar-refractivity contribution in [3.05, 3.63) is 6.33 Å². The summed E-state index contributed by atoms with van der Waals surface area (Å²) in [6.07, 6.45) is 12.8. The second-order valence-corrected chi connectivity index (χ2v) is 11.7. The first-order valence-electron chi connectivity index (χ1n) is 14.6. The maximum Gasteiger partial charge on any atom is 0.470 e. The Bertz CT molecular complexity index is 1070. The zero-order chi connectivity index (χ0) is 29.0. The third kappa shape index (κ3) is 9.88. The van der Waals surface area contributed by atoms with Gasteiger partial charge in [-0.3, -0.25) is 9.09 Å². The summed E-state index contributed by atoms with van der Waals surface area (Å²) in [5.74, 6) is 0.360. The Balaban J connectivity index is 1.41. The number of aromatic nitrogens is 4. The van der Waals surface area contributed by atoms with Gasteiger partial charge in [-0.05, 0) is 6.42 Å². The smallest absolute Gasteiger partial charge is 0.394 e. The van der Waals surface area contributed by atoms with Crippen LogP contribution in [0.3, 0.4) is 0 Å². The number of unbranched alkanes of at least 4 members (excludes halogenated alkanes) is 13. The van der Waals surface area contributed by atoms with E-state index in [0.29, 0.717) is 6.54 Å². The first-order valence-corrected chi connectivity index (χ1v) is 16.2. The van der Waals surface area contributed by atoms with Gasteiger partial charge in [-0.25, -0.2) is 13.9 Å². The number of ether oxygens (including phenoxy) is 1.